The zero-order chi connectivity index (χ0) is 18.7. The molecule has 0 unspecified atom stereocenters. The van der Waals surface area contributed by atoms with Crippen LogP contribution in [0.5, 0.6) is 0 Å². The average molecular weight is 376 g/mol. The molecule has 1 aliphatic rings. The lowest BCUT2D eigenvalue weighted by molar-refractivity contribution is 0.102. The Morgan fingerprint density at radius 1 is 1.23 bits per heavy atom. The highest BCUT2D eigenvalue weighted by Gasteiger charge is 2.27. The second-order valence-corrected chi connectivity index (χ2v) is 8.42. The fourth-order valence-electron chi connectivity index (χ4n) is 3.06. The number of hydrogen-bond acceptors (Lipinski definition) is 4. The zero-order valence-electron chi connectivity index (χ0n) is 15.1. The fourth-order valence-corrected chi connectivity index (χ4v) is 4.60. The van der Waals surface area contributed by atoms with Gasteiger partial charge in [0.15, 0.2) is 0 Å². The van der Waals surface area contributed by atoms with Crippen LogP contribution >= 0.6 is 0 Å². The van der Waals surface area contributed by atoms with Crippen LogP contribution in [-0.4, -0.2) is 41.5 Å². The molecule has 0 radical (unpaired) electrons. The molecule has 3 rings (SSSR count). The van der Waals surface area contributed by atoms with Crippen LogP contribution in [-0.2, 0) is 16.6 Å². The average Bonchev–Trinajstić information content (AvgIpc) is 3.10. The second-order valence-electron chi connectivity index (χ2n) is 6.48. The number of aryl methyl sites for hydroxylation is 2. The molecule has 26 heavy (non-hydrogen) atoms. The van der Waals surface area contributed by atoms with Gasteiger partial charge in [-0.15, -0.1) is 0 Å². The van der Waals surface area contributed by atoms with Gasteiger partial charge in [-0.3, -0.25) is 9.48 Å². The number of carbonyl (C=O) groups excluding carboxylic acids is 1. The predicted octanol–water partition coefficient (Wildman–Crippen LogP) is 2.64. The van der Waals surface area contributed by atoms with Gasteiger partial charge in [0.25, 0.3) is 5.91 Å². The number of rotatable bonds is 5. The van der Waals surface area contributed by atoms with Crippen LogP contribution in [0.2, 0.25) is 0 Å². The first-order chi connectivity index (χ1) is 12.4. The maximum Gasteiger partial charge on any atom is 0.256 e. The quantitative estimate of drug-likeness (QED) is 0.869. The number of aromatic nitrogens is 2. The molecule has 0 saturated carbocycles. The number of benzene rings is 1. The molecule has 1 aromatic carbocycles. The van der Waals surface area contributed by atoms with E-state index in [1.54, 1.807) is 36.1 Å². The predicted molar refractivity (Wildman–Crippen MR) is 99.6 cm³/mol. The van der Waals surface area contributed by atoms with Crippen molar-refractivity contribution in [2.75, 3.05) is 18.4 Å². The highest BCUT2D eigenvalue weighted by Crippen LogP contribution is 2.23. The molecule has 2 aromatic rings. The van der Waals surface area contributed by atoms with Crippen LogP contribution in [0, 0.1) is 6.92 Å². The molecule has 0 aliphatic carbocycles. The van der Waals surface area contributed by atoms with Gasteiger partial charge in [0.05, 0.1) is 16.8 Å². The van der Waals surface area contributed by atoms with Crippen molar-refractivity contribution in [3.8, 4) is 0 Å². The summed E-state index contributed by atoms with van der Waals surface area (Å²) < 4.78 is 28.9. The largest absolute Gasteiger partial charge is 0.319 e. The van der Waals surface area contributed by atoms with Gasteiger partial charge in [0.2, 0.25) is 10.0 Å². The van der Waals surface area contributed by atoms with E-state index >= 15 is 0 Å². The third kappa shape index (κ3) is 3.81. The number of nitrogens with one attached hydrogen (secondary N) is 1. The summed E-state index contributed by atoms with van der Waals surface area (Å²) in [5, 5.41) is 6.90. The smallest absolute Gasteiger partial charge is 0.256 e. The van der Waals surface area contributed by atoms with Gasteiger partial charge in [0.1, 0.15) is 0 Å². The molecule has 7 nitrogen and oxygen atoms in total. The van der Waals surface area contributed by atoms with Crippen molar-refractivity contribution in [3.63, 3.8) is 0 Å². The lowest BCUT2D eigenvalue weighted by atomic mass is 10.1. The maximum absolute atomic E-state index is 12.9. The molecular weight excluding hydrogens is 352 g/mol. The van der Waals surface area contributed by atoms with E-state index in [1.807, 2.05) is 6.92 Å². The van der Waals surface area contributed by atoms with Crippen molar-refractivity contribution >= 4 is 21.6 Å². The van der Waals surface area contributed by atoms with Gasteiger partial charge >= 0.3 is 0 Å². The number of piperidine rings is 1. The molecule has 1 aromatic heterocycles. The minimum absolute atomic E-state index is 0.166. The first-order valence-corrected chi connectivity index (χ1v) is 10.3. The van der Waals surface area contributed by atoms with E-state index in [2.05, 4.69) is 10.4 Å². The highest BCUT2D eigenvalue weighted by molar-refractivity contribution is 7.89. The first-order valence-electron chi connectivity index (χ1n) is 8.86. The van der Waals surface area contributed by atoms with E-state index < -0.39 is 10.0 Å². The van der Waals surface area contributed by atoms with E-state index in [4.69, 9.17) is 0 Å². The van der Waals surface area contributed by atoms with Crippen molar-refractivity contribution in [1.82, 2.24) is 14.1 Å². The van der Waals surface area contributed by atoms with E-state index in [0.29, 0.717) is 30.9 Å². The molecule has 8 heteroatoms. The Morgan fingerprint density at radius 2 is 1.96 bits per heavy atom. The monoisotopic (exact) mass is 376 g/mol. The molecule has 1 amide bonds. The van der Waals surface area contributed by atoms with Crippen molar-refractivity contribution in [2.24, 2.45) is 0 Å². The van der Waals surface area contributed by atoms with E-state index in [0.717, 1.165) is 24.8 Å². The summed E-state index contributed by atoms with van der Waals surface area (Å²) >= 11 is 0. The minimum atomic E-state index is -3.57. The highest BCUT2D eigenvalue weighted by atomic mass is 32.2. The topological polar surface area (TPSA) is 84.3 Å². The van der Waals surface area contributed by atoms with Crippen molar-refractivity contribution in [2.45, 2.75) is 44.6 Å². The summed E-state index contributed by atoms with van der Waals surface area (Å²) in [6, 6.07) is 4.73. The molecular formula is C18H24N4O3S. The van der Waals surface area contributed by atoms with Crippen LogP contribution in [0.15, 0.2) is 35.5 Å². The van der Waals surface area contributed by atoms with E-state index in [-0.39, 0.29) is 10.8 Å². The Hall–Kier alpha value is -2.19. The molecule has 0 atom stereocenters. The van der Waals surface area contributed by atoms with Crippen molar-refractivity contribution < 1.29 is 13.2 Å². The summed E-state index contributed by atoms with van der Waals surface area (Å²) in [6.07, 6.45) is 6.12. The number of carbonyl (C=O) groups is 1. The zero-order valence-corrected chi connectivity index (χ0v) is 15.9. The SMILES string of the molecule is CCn1cc(NC(=O)c2cc(S(=O)(=O)N3CCCCC3)ccc2C)cn1. The lowest BCUT2D eigenvalue weighted by Gasteiger charge is -2.26. The third-order valence-electron chi connectivity index (χ3n) is 4.62. The molecule has 0 bridgehead atoms. The third-order valence-corrected chi connectivity index (χ3v) is 6.52. The van der Waals surface area contributed by atoms with E-state index in [1.165, 1.54) is 10.4 Å². The van der Waals surface area contributed by atoms with Gasteiger partial charge in [-0.1, -0.05) is 12.5 Å². The van der Waals surface area contributed by atoms with Crippen LogP contribution in [0.25, 0.3) is 0 Å². The molecule has 1 aliphatic heterocycles. The minimum Gasteiger partial charge on any atom is -0.319 e. The Labute approximate surface area is 154 Å². The number of hydrogen-bond donors (Lipinski definition) is 1. The summed E-state index contributed by atoms with van der Waals surface area (Å²) in [6.45, 7) is 5.53. The number of anilines is 1. The lowest BCUT2D eigenvalue weighted by Crippen LogP contribution is -2.35. The summed E-state index contributed by atoms with van der Waals surface area (Å²) in [7, 11) is -3.57. The van der Waals surface area contributed by atoms with Crippen molar-refractivity contribution in [3.05, 3.63) is 41.7 Å². The van der Waals surface area contributed by atoms with Crippen molar-refractivity contribution in [1.29, 1.82) is 0 Å². The fraction of sp³-hybridized carbons (Fsp3) is 0.444. The summed E-state index contributed by atoms with van der Waals surface area (Å²) in [4.78, 5) is 12.8. The summed E-state index contributed by atoms with van der Waals surface area (Å²) in [5.41, 5.74) is 1.66. The van der Waals surface area contributed by atoms with Gasteiger partial charge in [0, 0.05) is 31.4 Å². The Kier molecular flexibility index (Phi) is 5.43. The number of sulfonamides is 1. The number of amides is 1. The molecule has 1 saturated heterocycles. The Balaban J connectivity index is 1.86. The summed E-state index contributed by atoms with van der Waals surface area (Å²) in [5.74, 6) is -0.339. The van der Waals surface area contributed by atoms with Gasteiger partial charge in [-0.2, -0.15) is 9.40 Å². The normalized spacial score (nSPS) is 15.8. The molecule has 1 fully saturated rings. The number of nitrogens with zero attached hydrogens (tertiary/aromatic N) is 3. The van der Waals surface area contributed by atoms with Gasteiger partial charge in [-0.25, -0.2) is 8.42 Å². The first kappa shape index (κ1) is 18.6. The van der Waals surface area contributed by atoms with Crippen LogP contribution in [0.1, 0.15) is 42.1 Å². The van der Waals surface area contributed by atoms with Gasteiger partial charge < -0.3 is 5.32 Å². The Morgan fingerprint density at radius 3 is 2.62 bits per heavy atom. The maximum atomic E-state index is 12.9. The molecule has 2 heterocycles. The second kappa shape index (κ2) is 7.59. The van der Waals surface area contributed by atoms with E-state index in [9.17, 15) is 13.2 Å². The molecule has 1 N–H and O–H groups in total. The Bertz CT molecular complexity index is 899. The van der Waals surface area contributed by atoms with Crippen LogP contribution < -0.4 is 5.32 Å². The standard InChI is InChI=1S/C18H24N4O3S/c1-3-21-13-15(12-19-21)20-18(23)17-11-16(8-7-14(17)2)26(24,25)22-9-5-4-6-10-22/h7-8,11-13H,3-6,9-10H2,1-2H3,(H,20,23). The van der Waals surface area contributed by atoms with Gasteiger partial charge in [-0.05, 0) is 44.4 Å². The van der Waals surface area contributed by atoms with Crippen LogP contribution in [0.4, 0.5) is 5.69 Å². The molecule has 140 valence electrons. The molecule has 0 spiro atoms. The van der Waals surface area contributed by atoms with Crippen LogP contribution in [0.3, 0.4) is 0 Å².